The van der Waals surface area contributed by atoms with Crippen LogP contribution in [0.15, 0.2) is 39.9 Å². The molecule has 20 heavy (non-hydrogen) atoms. The minimum atomic E-state index is -0.850. The van der Waals surface area contributed by atoms with E-state index >= 15 is 0 Å². The molecule has 0 aliphatic carbocycles. The Hall–Kier alpha value is -2.61. The highest BCUT2D eigenvalue weighted by Crippen LogP contribution is 2.15. The van der Waals surface area contributed by atoms with Gasteiger partial charge in [-0.15, -0.1) is 0 Å². The van der Waals surface area contributed by atoms with Gasteiger partial charge in [-0.2, -0.15) is 0 Å². The predicted molar refractivity (Wildman–Crippen MR) is 66.4 cm³/mol. The highest BCUT2D eigenvalue weighted by atomic mass is 16.5. The Morgan fingerprint density at radius 3 is 2.80 bits per heavy atom. The molecule has 2 amide bonds. The van der Waals surface area contributed by atoms with E-state index in [-0.39, 0.29) is 18.8 Å². The zero-order valence-corrected chi connectivity index (χ0v) is 10.4. The molecule has 3 N–H and O–H groups in total. The Morgan fingerprint density at radius 1 is 1.30 bits per heavy atom. The topological polar surface area (TPSA) is 118 Å². The molecule has 0 aliphatic heterocycles. The molecule has 2 heterocycles. The second kappa shape index (κ2) is 6.53. The molecule has 8 nitrogen and oxygen atoms in total. The molecule has 0 saturated carbocycles. The largest absolute Gasteiger partial charge is 0.472 e. The monoisotopic (exact) mass is 279 g/mol. The third-order valence-electron chi connectivity index (χ3n) is 2.52. The molecular formula is C12H13N3O5. The van der Waals surface area contributed by atoms with E-state index in [1.807, 2.05) is 0 Å². The van der Waals surface area contributed by atoms with Gasteiger partial charge in [0, 0.05) is 18.2 Å². The number of rotatable bonds is 5. The van der Waals surface area contributed by atoms with Gasteiger partial charge in [0.1, 0.15) is 6.26 Å². The lowest BCUT2D eigenvalue weighted by molar-refractivity contribution is -0.136. The molecule has 0 bridgehead atoms. The van der Waals surface area contributed by atoms with Crippen molar-refractivity contribution in [2.75, 3.05) is 11.9 Å². The number of hydrogen-bond donors (Lipinski definition) is 3. The van der Waals surface area contributed by atoms with E-state index in [0.29, 0.717) is 5.56 Å². The Kier molecular flexibility index (Phi) is 4.51. The van der Waals surface area contributed by atoms with E-state index in [0.717, 1.165) is 0 Å². The van der Waals surface area contributed by atoms with Gasteiger partial charge in [0.05, 0.1) is 18.6 Å². The van der Waals surface area contributed by atoms with Crippen LogP contribution in [0.4, 0.5) is 5.82 Å². The van der Waals surface area contributed by atoms with E-state index in [1.54, 1.807) is 6.07 Å². The first-order valence-corrected chi connectivity index (χ1v) is 5.86. The summed E-state index contributed by atoms with van der Waals surface area (Å²) in [7, 11) is 0. The molecule has 0 saturated heterocycles. The molecular weight excluding hydrogens is 266 g/mol. The molecule has 0 aromatic carbocycles. The van der Waals surface area contributed by atoms with Crippen molar-refractivity contribution in [3.8, 4) is 0 Å². The second-order valence-electron chi connectivity index (χ2n) is 3.96. The molecule has 106 valence electrons. The van der Waals surface area contributed by atoms with Crippen LogP contribution in [0, 0.1) is 0 Å². The van der Waals surface area contributed by atoms with Gasteiger partial charge in [0.25, 0.3) is 0 Å². The summed E-state index contributed by atoms with van der Waals surface area (Å²) < 4.78 is 9.34. The maximum absolute atomic E-state index is 11.5. The lowest BCUT2D eigenvalue weighted by Gasteiger charge is -2.08. The normalized spacial score (nSPS) is 11.8. The van der Waals surface area contributed by atoms with Gasteiger partial charge in [-0.1, -0.05) is 5.16 Å². The number of aliphatic hydroxyl groups excluding tert-OH is 1. The van der Waals surface area contributed by atoms with E-state index in [2.05, 4.69) is 20.3 Å². The van der Waals surface area contributed by atoms with Crippen molar-refractivity contribution in [3.05, 3.63) is 36.5 Å². The van der Waals surface area contributed by atoms with Gasteiger partial charge >= 0.3 is 11.8 Å². The summed E-state index contributed by atoms with van der Waals surface area (Å²) in [4.78, 5) is 22.9. The number of carbonyl (C=O) groups excluding carboxylic acids is 2. The lowest BCUT2D eigenvalue weighted by atomic mass is 10.1. The van der Waals surface area contributed by atoms with Gasteiger partial charge in [0.2, 0.25) is 0 Å². The smallest absolute Gasteiger partial charge is 0.314 e. The van der Waals surface area contributed by atoms with Crippen LogP contribution in [0.3, 0.4) is 0 Å². The van der Waals surface area contributed by atoms with Crippen LogP contribution >= 0.6 is 0 Å². The Morgan fingerprint density at radius 2 is 2.15 bits per heavy atom. The van der Waals surface area contributed by atoms with Crippen molar-refractivity contribution in [2.24, 2.45) is 0 Å². The number of amides is 2. The molecule has 0 fully saturated rings. The number of anilines is 1. The van der Waals surface area contributed by atoms with E-state index in [4.69, 9.17) is 4.42 Å². The number of aliphatic hydroxyl groups is 1. The summed E-state index contributed by atoms with van der Waals surface area (Å²) in [6.45, 7) is 0.150. The number of carbonyl (C=O) groups is 2. The summed E-state index contributed by atoms with van der Waals surface area (Å²) in [5.41, 5.74) is 0.617. The van der Waals surface area contributed by atoms with Gasteiger partial charge < -0.3 is 19.4 Å². The fourth-order valence-electron chi connectivity index (χ4n) is 1.48. The molecule has 0 aliphatic rings. The number of aromatic nitrogens is 1. The van der Waals surface area contributed by atoms with Crippen LogP contribution in [-0.2, 0) is 9.59 Å². The molecule has 1 unspecified atom stereocenters. The van der Waals surface area contributed by atoms with Crippen LogP contribution in [0.5, 0.6) is 0 Å². The van der Waals surface area contributed by atoms with Crippen LogP contribution in [0.2, 0.25) is 0 Å². The number of nitrogens with one attached hydrogen (secondary N) is 2. The van der Waals surface area contributed by atoms with Crippen LogP contribution in [0.25, 0.3) is 0 Å². The molecule has 1 atom stereocenters. The zero-order chi connectivity index (χ0) is 14.4. The van der Waals surface area contributed by atoms with Gasteiger partial charge in [0.15, 0.2) is 5.82 Å². The van der Waals surface area contributed by atoms with Crippen molar-refractivity contribution in [2.45, 2.75) is 12.5 Å². The fraction of sp³-hybridized carbons (Fsp3) is 0.250. The quantitative estimate of drug-likeness (QED) is 0.684. The van der Waals surface area contributed by atoms with E-state index in [9.17, 15) is 14.7 Å². The van der Waals surface area contributed by atoms with Crippen LogP contribution in [0.1, 0.15) is 18.1 Å². The van der Waals surface area contributed by atoms with Crippen molar-refractivity contribution >= 4 is 17.6 Å². The third-order valence-corrected chi connectivity index (χ3v) is 2.52. The standard InChI is InChI=1S/C12H13N3O5/c16-9(8-2-5-19-7-8)1-4-13-11(17)12(18)14-10-3-6-20-15-10/h2-3,5-7,9,16H,1,4H2,(H,13,17)(H,14,15,18). The first-order chi connectivity index (χ1) is 9.66. The zero-order valence-electron chi connectivity index (χ0n) is 10.4. The lowest BCUT2D eigenvalue weighted by Crippen LogP contribution is -2.36. The summed E-state index contributed by atoms with van der Waals surface area (Å²) >= 11 is 0. The molecule has 2 aromatic heterocycles. The Labute approximate surface area is 113 Å². The summed E-state index contributed by atoms with van der Waals surface area (Å²) in [5, 5.41) is 17.8. The fourth-order valence-corrected chi connectivity index (χ4v) is 1.48. The molecule has 2 rings (SSSR count). The third kappa shape index (κ3) is 3.69. The van der Waals surface area contributed by atoms with E-state index < -0.39 is 17.9 Å². The number of furan rings is 1. The van der Waals surface area contributed by atoms with Crippen LogP contribution < -0.4 is 10.6 Å². The van der Waals surface area contributed by atoms with Gasteiger partial charge in [-0.05, 0) is 12.5 Å². The first kappa shape index (κ1) is 13.8. The van der Waals surface area contributed by atoms with Gasteiger partial charge in [-0.25, -0.2) is 0 Å². The first-order valence-electron chi connectivity index (χ1n) is 5.86. The minimum Gasteiger partial charge on any atom is -0.472 e. The van der Waals surface area contributed by atoms with Crippen molar-refractivity contribution < 1.29 is 23.6 Å². The molecule has 0 radical (unpaired) electrons. The Bertz CT molecular complexity index is 550. The summed E-state index contributed by atoms with van der Waals surface area (Å²) in [6, 6.07) is 3.04. The Balaban J connectivity index is 1.71. The molecule has 0 spiro atoms. The van der Waals surface area contributed by atoms with E-state index in [1.165, 1.54) is 24.9 Å². The number of nitrogens with zero attached hydrogens (tertiary/aromatic N) is 1. The maximum atomic E-state index is 11.5. The minimum absolute atomic E-state index is 0.150. The summed E-state index contributed by atoms with van der Waals surface area (Å²) in [5.74, 6) is -1.51. The maximum Gasteiger partial charge on any atom is 0.314 e. The van der Waals surface area contributed by atoms with Crippen molar-refractivity contribution in [3.63, 3.8) is 0 Å². The molecule has 2 aromatic rings. The average Bonchev–Trinajstić information content (AvgIpc) is 3.11. The highest BCUT2D eigenvalue weighted by molar-refractivity contribution is 6.39. The average molecular weight is 279 g/mol. The van der Waals surface area contributed by atoms with Crippen LogP contribution in [-0.4, -0.2) is 28.6 Å². The van der Waals surface area contributed by atoms with Gasteiger partial charge in [-0.3, -0.25) is 14.9 Å². The second-order valence-corrected chi connectivity index (χ2v) is 3.96. The highest BCUT2D eigenvalue weighted by Gasteiger charge is 2.15. The predicted octanol–water partition coefficient (Wildman–Crippen LogP) is 0.446. The molecule has 8 heteroatoms. The summed E-state index contributed by atoms with van der Waals surface area (Å²) in [6.07, 6.45) is 3.65. The SMILES string of the molecule is O=C(NCCC(O)c1ccoc1)C(=O)Nc1ccon1. The number of hydrogen-bond acceptors (Lipinski definition) is 6. The van der Waals surface area contributed by atoms with Crippen molar-refractivity contribution in [1.29, 1.82) is 0 Å². The van der Waals surface area contributed by atoms with Crippen molar-refractivity contribution in [1.82, 2.24) is 10.5 Å².